The fraction of sp³-hybridized carbons (Fsp3) is 0.190. The van der Waals surface area contributed by atoms with E-state index in [1.807, 2.05) is 0 Å². The van der Waals surface area contributed by atoms with Crippen molar-refractivity contribution in [3.05, 3.63) is 71.0 Å². The molecule has 2 aromatic carbocycles. The third-order valence-electron chi connectivity index (χ3n) is 4.46. The number of hydrogen-bond donors (Lipinski definition) is 2. The molecule has 0 aliphatic rings. The fourth-order valence-electron chi connectivity index (χ4n) is 3.03. The van der Waals surface area contributed by atoms with Crippen LogP contribution < -0.4 is 14.3 Å². The average molecular weight is 524 g/mol. The molecule has 0 spiro atoms. The average Bonchev–Trinajstić information content (AvgIpc) is 2.71. The molecule has 0 saturated heterocycles. The number of anilines is 3. The number of hydrogen-bond acceptors (Lipinski definition) is 7. The van der Waals surface area contributed by atoms with Gasteiger partial charge >= 0.3 is 0 Å². The van der Waals surface area contributed by atoms with Crippen LogP contribution >= 0.6 is 11.6 Å². The molecular formula is C21H22ClN5O5S2. The van der Waals surface area contributed by atoms with Gasteiger partial charge in [-0.3, -0.25) is 9.10 Å². The Balaban J connectivity index is 1.73. The molecule has 0 fully saturated rings. The summed E-state index contributed by atoms with van der Waals surface area (Å²) in [5, 5.41) is 2.73. The summed E-state index contributed by atoms with van der Waals surface area (Å²) in [6, 6.07) is 13.3. The minimum atomic E-state index is -3.96. The van der Waals surface area contributed by atoms with Crippen LogP contribution in [0.25, 0.3) is 0 Å². The minimum absolute atomic E-state index is 0.0460. The van der Waals surface area contributed by atoms with Gasteiger partial charge in [-0.1, -0.05) is 23.7 Å². The number of halogens is 1. The van der Waals surface area contributed by atoms with Crippen LogP contribution in [0.5, 0.6) is 0 Å². The lowest BCUT2D eigenvalue weighted by atomic mass is 10.3. The van der Waals surface area contributed by atoms with E-state index in [0.717, 1.165) is 10.6 Å². The van der Waals surface area contributed by atoms with Crippen molar-refractivity contribution in [3.8, 4) is 0 Å². The van der Waals surface area contributed by atoms with Crippen LogP contribution in [0.3, 0.4) is 0 Å². The third kappa shape index (κ3) is 6.43. The number of nitrogens with zero attached hydrogens (tertiary/aromatic N) is 3. The zero-order valence-electron chi connectivity index (χ0n) is 18.5. The minimum Gasteiger partial charge on any atom is -0.325 e. The number of para-hydroxylation sites is 1. The Morgan fingerprint density at radius 1 is 0.971 bits per heavy atom. The Kier molecular flexibility index (Phi) is 7.44. The molecule has 2 N–H and O–H groups in total. The molecule has 0 saturated carbocycles. The normalized spacial score (nSPS) is 11.6. The predicted octanol–water partition coefficient (Wildman–Crippen LogP) is 2.95. The van der Waals surface area contributed by atoms with E-state index >= 15 is 0 Å². The Morgan fingerprint density at radius 2 is 1.56 bits per heavy atom. The lowest BCUT2D eigenvalue weighted by molar-refractivity contribution is -0.114. The zero-order valence-corrected chi connectivity index (χ0v) is 20.9. The summed E-state index contributed by atoms with van der Waals surface area (Å²) in [6.45, 7) is 2.93. The largest absolute Gasteiger partial charge is 0.325 e. The van der Waals surface area contributed by atoms with Gasteiger partial charge in [0.05, 0.1) is 21.9 Å². The first-order valence-electron chi connectivity index (χ1n) is 9.82. The number of carbonyl (C=O) groups is 1. The highest BCUT2D eigenvalue weighted by atomic mass is 35.5. The van der Waals surface area contributed by atoms with Gasteiger partial charge in [0.2, 0.25) is 21.9 Å². The number of sulfonamides is 2. The molecule has 3 aromatic rings. The number of carbonyl (C=O) groups excluding carboxylic acids is 1. The number of rotatable bonds is 8. The van der Waals surface area contributed by atoms with Gasteiger partial charge in [0.25, 0.3) is 10.0 Å². The van der Waals surface area contributed by atoms with Crippen LogP contribution in [0.15, 0.2) is 59.5 Å². The van der Waals surface area contributed by atoms with Gasteiger partial charge in [0.1, 0.15) is 6.54 Å². The van der Waals surface area contributed by atoms with Gasteiger partial charge in [0, 0.05) is 17.1 Å². The van der Waals surface area contributed by atoms with Gasteiger partial charge in [-0.25, -0.2) is 31.5 Å². The summed E-state index contributed by atoms with van der Waals surface area (Å²) in [5.74, 6) is -0.682. The summed E-state index contributed by atoms with van der Waals surface area (Å²) in [6.07, 6.45) is 0.968. The highest BCUT2D eigenvalue weighted by molar-refractivity contribution is 7.92. The number of nitrogens with one attached hydrogen (secondary N) is 2. The number of amides is 1. The van der Waals surface area contributed by atoms with Crippen molar-refractivity contribution in [2.75, 3.05) is 27.1 Å². The van der Waals surface area contributed by atoms with Crippen molar-refractivity contribution in [2.24, 2.45) is 0 Å². The maximum absolute atomic E-state index is 12.6. The first-order chi connectivity index (χ1) is 15.8. The van der Waals surface area contributed by atoms with Gasteiger partial charge in [-0.05, 0) is 56.3 Å². The van der Waals surface area contributed by atoms with E-state index in [0.29, 0.717) is 11.4 Å². The van der Waals surface area contributed by atoms with Gasteiger partial charge in [0.15, 0.2) is 0 Å². The molecule has 0 radical (unpaired) electrons. The van der Waals surface area contributed by atoms with Crippen molar-refractivity contribution < 1.29 is 21.6 Å². The number of aryl methyl sites for hydroxylation is 2. The van der Waals surface area contributed by atoms with Crippen LogP contribution in [0.4, 0.5) is 17.3 Å². The van der Waals surface area contributed by atoms with Crippen LogP contribution in [0.1, 0.15) is 11.4 Å². The molecule has 13 heteroatoms. The molecule has 0 unspecified atom stereocenters. The molecule has 1 aromatic heterocycles. The lowest BCUT2D eigenvalue weighted by Gasteiger charge is -2.22. The Bertz CT molecular complexity index is 1410. The third-order valence-corrected chi connectivity index (χ3v) is 7.26. The zero-order chi connectivity index (χ0) is 25.1. The molecule has 3 rings (SSSR count). The van der Waals surface area contributed by atoms with Gasteiger partial charge < -0.3 is 5.32 Å². The summed E-state index contributed by atoms with van der Waals surface area (Å²) < 4.78 is 52.9. The second kappa shape index (κ2) is 9.95. The summed E-state index contributed by atoms with van der Waals surface area (Å²) in [7, 11) is -7.76. The van der Waals surface area contributed by atoms with Crippen molar-refractivity contribution in [1.29, 1.82) is 0 Å². The highest BCUT2D eigenvalue weighted by Gasteiger charge is 2.23. The van der Waals surface area contributed by atoms with Gasteiger partial charge in [-0.15, -0.1) is 0 Å². The fourth-order valence-corrected chi connectivity index (χ4v) is 5.13. The maximum Gasteiger partial charge on any atom is 0.264 e. The van der Waals surface area contributed by atoms with Crippen molar-refractivity contribution >= 4 is 54.9 Å². The van der Waals surface area contributed by atoms with Gasteiger partial charge in [-0.2, -0.15) is 0 Å². The van der Waals surface area contributed by atoms with Crippen LogP contribution in [-0.4, -0.2) is 45.5 Å². The predicted molar refractivity (Wildman–Crippen MR) is 131 cm³/mol. The molecule has 0 aliphatic heterocycles. The SMILES string of the molecule is Cc1cc(C)nc(NS(=O)(=O)c2ccc(NC(=O)CN(c3ccccc3Cl)S(C)(=O)=O)cc2)n1. The van der Waals surface area contributed by atoms with E-state index in [1.54, 1.807) is 32.0 Å². The molecular weight excluding hydrogens is 502 g/mol. The molecule has 0 aliphatic carbocycles. The van der Waals surface area contributed by atoms with Crippen molar-refractivity contribution in [2.45, 2.75) is 18.7 Å². The molecule has 0 bridgehead atoms. The lowest BCUT2D eigenvalue weighted by Crippen LogP contribution is -2.37. The topological polar surface area (TPSA) is 138 Å². The van der Waals surface area contributed by atoms with E-state index in [-0.39, 0.29) is 27.2 Å². The first-order valence-corrected chi connectivity index (χ1v) is 13.5. The van der Waals surface area contributed by atoms with E-state index in [1.165, 1.54) is 36.4 Å². The van der Waals surface area contributed by atoms with Crippen LogP contribution in [0.2, 0.25) is 5.02 Å². The summed E-state index contributed by atoms with van der Waals surface area (Å²) >= 11 is 6.09. The Labute approximate surface area is 203 Å². The summed E-state index contributed by atoms with van der Waals surface area (Å²) in [4.78, 5) is 20.6. The number of benzene rings is 2. The maximum atomic E-state index is 12.6. The molecule has 10 nitrogen and oxygen atoms in total. The van der Waals surface area contributed by atoms with Crippen LogP contribution in [-0.2, 0) is 24.8 Å². The van der Waals surface area contributed by atoms with E-state index in [4.69, 9.17) is 11.6 Å². The monoisotopic (exact) mass is 523 g/mol. The second-order valence-electron chi connectivity index (χ2n) is 7.37. The smallest absolute Gasteiger partial charge is 0.264 e. The molecule has 180 valence electrons. The molecule has 34 heavy (non-hydrogen) atoms. The summed E-state index contributed by atoms with van der Waals surface area (Å²) in [5.41, 5.74) is 1.67. The first kappa shape index (κ1) is 25.4. The Morgan fingerprint density at radius 3 is 2.12 bits per heavy atom. The standard InChI is InChI=1S/C21H22ClN5O5S2/c1-14-12-15(2)24-21(23-14)26-34(31,32)17-10-8-16(9-11-17)25-20(28)13-27(33(3,29)30)19-7-5-4-6-18(19)22/h4-12H,13H2,1-3H3,(H,25,28)(H,23,24,26). The molecule has 1 heterocycles. The Hall–Kier alpha value is -3.22. The van der Waals surface area contributed by atoms with E-state index in [9.17, 15) is 21.6 Å². The van der Waals surface area contributed by atoms with E-state index < -0.39 is 32.5 Å². The second-order valence-corrected chi connectivity index (χ2v) is 11.4. The van der Waals surface area contributed by atoms with E-state index in [2.05, 4.69) is 20.0 Å². The quantitative estimate of drug-likeness (QED) is 0.462. The molecule has 1 amide bonds. The van der Waals surface area contributed by atoms with Crippen molar-refractivity contribution in [3.63, 3.8) is 0 Å². The number of aromatic nitrogens is 2. The highest BCUT2D eigenvalue weighted by Crippen LogP contribution is 2.27. The molecule has 0 atom stereocenters. The van der Waals surface area contributed by atoms with Crippen molar-refractivity contribution in [1.82, 2.24) is 9.97 Å². The van der Waals surface area contributed by atoms with Crippen LogP contribution in [0, 0.1) is 13.8 Å².